The van der Waals surface area contributed by atoms with Crippen molar-refractivity contribution in [3.05, 3.63) is 145 Å². The highest BCUT2D eigenvalue weighted by molar-refractivity contribution is 6.26. The molecule has 11 aromatic rings. The Morgan fingerprint density at radius 2 is 0.940 bits per heavy atom. The van der Waals surface area contributed by atoms with Crippen molar-refractivity contribution in [1.82, 2.24) is 9.13 Å². The predicted molar refractivity (Wildman–Crippen MR) is 199 cm³/mol. The van der Waals surface area contributed by atoms with E-state index in [0.29, 0.717) is 16.8 Å². The summed E-state index contributed by atoms with van der Waals surface area (Å²) in [6, 6.07) is 49.6. The van der Waals surface area contributed by atoms with Crippen molar-refractivity contribution in [2.45, 2.75) is 0 Å². The van der Waals surface area contributed by atoms with Gasteiger partial charge in [0.05, 0.1) is 49.7 Å². The van der Waals surface area contributed by atoms with E-state index in [-0.39, 0.29) is 0 Å². The number of hydrogen-bond acceptors (Lipinski definition) is 4. The zero-order valence-corrected chi connectivity index (χ0v) is 26.3. The molecule has 0 aliphatic rings. The van der Waals surface area contributed by atoms with Crippen molar-refractivity contribution in [2.24, 2.45) is 0 Å². The van der Waals surface area contributed by atoms with E-state index >= 15 is 0 Å². The van der Waals surface area contributed by atoms with Gasteiger partial charge in [-0.3, -0.25) is 0 Å². The molecule has 6 heteroatoms. The molecule has 0 aliphatic heterocycles. The Hall–Kier alpha value is -7.28. The molecule has 50 heavy (non-hydrogen) atoms. The molecule has 7 aromatic carbocycles. The minimum Gasteiger partial charge on any atom is -0.456 e. The van der Waals surface area contributed by atoms with Gasteiger partial charge in [-0.25, -0.2) is 0 Å². The number of hydrogen-bond donors (Lipinski definition) is 0. The van der Waals surface area contributed by atoms with Crippen molar-refractivity contribution >= 4 is 87.5 Å². The van der Waals surface area contributed by atoms with Crippen LogP contribution >= 0.6 is 0 Å². The molecule has 0 unspecified atom stereocenters. The number of fused-ring (bicyclic) bond motifs is 14. The molecule has 230 valence electrons. The first-order valence-corrected chi connectivity index (χ1v) is 16.4. The average Bonchev–Trinajstić information content (AvgIpc) is 3.91. The Balaban J connectivity index is 1.35. The number of nitrogens with zero attached hydrogens (tertiary/aromatic N) is 4. The molecular formula is C44H22N4O2. The Bertz CT molecular complexity index is 3360. The van der Waals surface area contributed by atoms with Crippen LogP contribution in [-0.2, 0) is 0 Å². The highest BCUT2D eigenvalue weighted by atomic mass is 16.3. The maximum absolute atomic E-state index is 10.8. The van der Waals surface area contributed by atoms with Gasteiger partial charge in [-0.2, -0.15) is 10.5 Å². The molecule has 0 atom stereocenters. The van der Waals surface area contributed by atoms with E-state index in [0.717, 1.165) is 93.2 Å². The van der Waals surface area contributed by atoms with Gasteiger partial charge in [0.1, 0.15) is 34.5 Å². The maximum Gasteiger partial charge on any atom is 0.137 e. The quantitative estimate of drug-likeness (QED) is 0.189. The summed E-state index contributed by atoms with van der Waals surface area (Å²) < 4.78 is 17.1. The first-order valence-electron chi connectivity index (χ1n) is 16.4. The number of nitriles is 2. The summed E-state index contributed by atoms with van der Waals surface area (Å²) in [6.45, 7) is 0. The fourth-order valence-electron chi connectivity index (χ4n) is 8.17. The Kier molecular flexibility index (Phi) is 5.16. The lowest BCUT2D eigenvalue weighted by Crippen LogP contribution is -2.04. The smallest absolute Gasteiger partial charge is 0.137 e. The number of para-hydroxylation sites is 4. The fourth-order valence-corrected chi connectivity index (χ4v) is 8.17. The zero-order chi connectivity index (χ0) is 33.1. The second-order valence-electron chi connectivity index (χ2n) is 12.7. The van der Waals surface area contributed by atoms with Crippen molar-refractivity contribution in [2.75, 3.05) is 0 Å². The lowest BCUT2D eigenvalue weighted by atomic mass is 10.0. The normalized spacial score (nSPS) is 12.0. The molecule has 0 aliphatic carbocycles. The lowest BCUT2D eigenvalue weighted by Gasteiger charge is -2.16. The highest BCUT2D eigenvalue weighted by Gasteiger charge is 2.24. The van der Waals surface area contributed by atoms with Crippen LogP contribution in [0, 0.1) is 22.7 Å². The highest BCUT2D eigenvalue weighted by Crippen LogP contribution is 2.44. The molecule has 4 heterocycles. The lowest BCUT2D eigenvalue weighted by molar-refractivity contribution is 0.669. The Morgan fingerprint density at radius 1 is 0.440 bits per heavy atom. The number of rotatable bonds is 2. The van der Waals surface area contributed by atoms with Gasteiger partial charge in [0.15, 0.2) is 0 Å². The predicted octanol–water partition coefficient (Wildman–Crippen LogP) is 11.4. The first-order chi connectivity index (χ1) is 24.7. The average molecular weight is 639 g/mol. The van der Waals surface area contributed by atoms with Crippen LogP contribution in [0.3, 0.4) is 0 Å². The van der Waals surface area contributed by atoms with Gasteiger partial charge in [-0.05, 0) is 60.7 Å². The van der Waals surface area contributed by atoms with E-state index in [9.17, 15) is 10.5 Å². The molecule has 0 saturated carbocycles. The summed E-state index contributed by atoms with van der Waals surface area (Å²) in [7, 11) is 0. The van der Waals surface area contributed by atoms with Crippen molar-refractivity contribution in [3.8, 4) is 23.5 Å². The zero-order valence-electron chi connectivity index (χ0n) is 26.3. The topological polar surface area (TPSA) is 83.7 Å². The second kappa shape index (κ2) is 9.64. The largest absolute Gasteiger partial charge is 0.456 e. The molecule has 11 rings (SSSR count). The molecule has 0 N–H and O–H groups in total. The van der Waals surface area contributed by atoms with Crippen LogP contribution in [0.25, 0.3) is 98.9 Å². The molecule has 0 amide bonds. The Morgan fingerprint density at radius 3 is 1.50 bits per heavy atom. The molecule has 0 saturated heterocycles. The van der Waals surface area contributed by atoms with E-state index in [1.54, 1.807) is 0 Å². The van der Waals surface area contributed by atoms with Crippen LogP contribution in [-0.4, -0.2) is 9.13 Å². The van der Waals surface area contributed by atoms with Crippen LogP contribution in [0.1, 0.15) is 11.1 Å². The van der Waals surface area contributed by atoms with Gasteiger partial charge in [0, 0.05) is 38.0 Å². The first kappa shape index (κ1) is 26.8. The third-order valence-electron chi connectivity index (χ3n) is 10.2. The van der Waals surface area contributed by atoms with Crippen molar-refractivity contribution < 1.29 is 8.83 Å². The second-order valence-corrected chi connectivity index (χ2v) is 12.7. The summed E-state index contributed by atoms with van der Waals surface area (Å²) in [6.07, 6.45) is 0. The van der Waals surface area contributed by atoms with E-state index < -0.39 is 0 Å². The molecule has 0 radical (unpaired) electrons. The van der Waals surface area contributed by atoms with Crippen LogP contribution < -0.4 is 0 Å². The number of aromatic nitrogens is 2. The minimum absolute atomic E-state index is 0.297. The summed E-state index contributed by atoms with van der Waals surface area (Å²) >= 11 is 0. The van der Waals surface area contributed by atoms with Gasteiger partial charge >= 0.3 is 0 Å². The van der Waals surface area contributed by atoms with E-state index in [1.807, 2.05) is 78.9 Å². The van der Waals surface area contributed by atoms with E-state index in [4.69, 9.17) is 8.83 Å². The van der Waals surface area contributed by atoms with Gasteiger partial charge < -0.3 is 18.0 Å². The fraction of sp³-hybridized carbons (Fsp3) is 0. The van der Waals surface area contributed by atoms with Crippen LogP contribution in [0.4, 0.5) is 0 Å². The van der Waals surface area contributed by atoms with Crippen LogP contribution in [0.5, 0.6) is 0 Å². The number of furan rings is 2. The Labute approximate surface area is 283 Å². The monoisotopic (exact) mass is 638 g/mol. The van der Waals surface area contributed by atoms with E-state index in [1.165, 1.54) is 0 Å². The molecule has 0 fully saturated rings. The number of benzene rings is 7. The SMILES string of the molecule is N#Cc1cc(-n2c3ccccc3c3ccc4oc5ccccc5c4c32)cc(-n2c3ccccc3c3ccc4oc5ccccc5c4c32)c1C#N. The van der Waals surface area contributed by atoms with Crippen LogP contribution in [0.15, 0.2) is 142 Å². The summed E-state index contributed by atoms with van der Waals surface area (Å²) in [5.41, 5.74) is 8.99. The summed E-state index contributed by atoms with van der Waals surface area (Å²) in [5.74, 6) is 0. The third kappa shape index (κ3) is 3.34. The standard InChI is InChI=1S/C44H22N4O2/c45-23-25-21-26(47-34-13-5-1-9-27(34)29-17-19-39-41(43(29)47)31-11-3-7-15-37(31)49-39)22-36(33(25)24-46)48-35-14-6-2-10-28(35)30-18-20-40-42(44(30)48)32-12-4-8-16-38(32)50-40/h1-22H. The molecule has 4 aromatic heterocycles. The van der Waals surface area contributed by atoms with Gasteiger partial charge in [-0.1, -0.05) is 72.8 Å². The van der Waals surface area contributed by atoms with E-state index in [2.05, 4.69) is 75.9 Å². The van der Waals surface area contributed by atoms with Crippen molar-refractivity contribution in [3.63, 3.8) is 0 Å². The molecule has 0 spiro atoms. The summed E-state index contributed by atoms with van der Waals surface area (Å²) in [4.78, 5) is 0. The minimum atomic E-state index is 0.297. The van der Waals surface area contributed by atoms with Crippen LogP contribution in [0.2, 0.25) is 0 Å². The third-order valence-corrected chi connectivity index (χ3v) is 10.2. The van der Waals surface area contributed by atoms with Gasteiger partial charge in [0.25, 0.3) is 0 Å². The molecular weight excluding hydrogens is 617 g/mol. The molecule has 6 nitrogen and oxygen atoms in total. The van der Waals surface area contributed by atoms with Gasteiger partial charge in [0.2, 0.25) is 0 Å². The molecule has 0 bridgehead atoms. The van der Waals surface area contributed by atoms with Crippen molar-refractivity contribution in [1.29, 1.82) is 10.5 Å². The van der Waals surface area contributed by atoms with Gasteiger partial charge in [-0.15, -0.1) is 0 Å². The maximum atomic E-state index is 10.8. The summed E-state index contributed by atoms with van der Waals surface area (Å²) in [5, 5.41) is 29.6.